The second-order valence-corrected chi connectivity index (χ2v) is 4.59. The van der Waals surface area contributed by atoms with Crippen molar-refractivity contribution >= 4 is 11.6 Å². The number of nitrogens with one attached hydrogen (secondary N) is 1. The molecule has 0 aliphatic heterocycles. The fourth-order valence-electron chi connectivity index (χ4n) is 1.76. The smallest absolute Gasteiger partial charge is 0.131 e. The van der Waals surface area contributed by atoms with E-state index in [2.05, 4.69) is 36.0 Å². The van der Waals surface area contributed by atoms with E-state index in [1.165, 1.54) is 0 Å². The lowest BCUT2D eigenvalue weighted by Crippen LogP contribution is -2.34. The molecule has 1 N–H and O–H groups in total. The van der Waals surface area contributed by atoms with E-state index in [-0.39, 0.29) is 0 Å². The topological polar surface area (TPSA) is 37.4 Å². The number of anilines is 2. The van der Waals surface area contributed by atoms with E-state index in [1.54, 1.807) is 7.11 Å². The highest BCUT2D eigenvalue weighted by Crippen LogP contribution is 2.16. The molecule has 4 heteroatoms. The Kier molecular flexibility index (Phi) is 6.50. The summed E-state index contributed by atoms with van der Waals surface area (Å²) in [5.74, 6) is 1.94. The highest BCUT2D eigenvalue weighted by atomic mass is 16.5. The van der Waals surface area contributed by atoms with Gasteiger partial charge in [0, 0.05) is 26.2 Å². The van der Waals surface area contributed by atoms with Crippen LogP contribution in [0.2, 0.25) is 0 Å². The average Bonchev–Trinajstić information content (AvgIpc) is 2.37. The monoisotopic (exact) mass is 251 g/mol. The van der Waals surface area contributed by atoms with Crippen molar-refractivity contribution in [1.82, 2.24) is 4.98 Å². The van der Waals surface area contributed by atoms with Crippen molar-refractivity contribution < 1.29 is 4.74 Å². The first-order valence-corrected chi connectivity index (χ1v) is 6.65. The van der Waals surface area contributed by atoms with Gasteiger partial charge in [-0.1, -0.05) is 13.0 Å². The van der Waals surface area contributed by atoms with Gasteiger partial charge in [0.1, 0.15) is 11.6 Å². The summed E-state index contributed by atoms with van der Waals surface area (Å²) in [6.07, 6.45) is 1.10. The number of ether oxygens (including phenoxy) is 1. The predicted octanol–water partition coefficient (Wildman–Crippen LogP) is 2.76. The van der Waals surface area contributed by atoms with Gasteiger partial charge in [-0.15, -0.1) is 0 Å². The van der Waals surface area contributed by atoms with Gasteiger partial charge < -0.3 is 15.0 Å². The lowest BCUT2D eigenvalue weighted by molar-refractivity contribution is 0.203. The Bertz CT molecular complexity index is 342. The van der Waals surface area contributed by atoms with Gasteiger partial charge in [0.25, 0.3) is 0 Å². The standard InChI is InChI=1S/C14H25N3O/c1-5-9-15-13-7-6-8-14(16-13)17(12(2)3)10-11-18-4/h6-8,12H,5,9-11H2,1-4H3,(H,15,16). The molecule has 0 aromatic carbocycles. The normalized spacial score (nSPS) is 10.7. The molecule has 18 heavy (non-hydrogen) atoms. The van der Waals surface area contributed by atoms with Crippen LogP contribution in [0.4, 0.5) is 11.6 Å². The molecule has 1 aromatic heterocycles. The molecule has 0 amide bonds. The highest BCUT2D eigenvalue weighted by Gasteiger charge is 2.11. The molecule has 102 valence electrons. The zero-order valence-electron chi connectivity index (χ0n) is 11.9. The van der Waals surface area contributed by atoms with Gasteiger partial charge in [0.15, 0.2) is 0 Å². The van der Waals surface area contributed by atoms with Gasteiger partial charge in [-0.3, -0.25) is 0 Å². The molecule has 0 atom stereocenters. The number of pyridine rings is 1. The average molecular weight is 251 g/mol. The van der Waals surface area contributed by atoms with Crippen molar-refractivity contribution in [3.8, 4) is 0 Å². The van der Waals surface area contributed by atoms with Crippen molar-refractivity contribution in [2.45, 2.75) is 33.2 Å². The van der Waals surface area contributed by atoms with Crippen LogP contribution in [0, 0.1) is 0 Å². The maximum absolute atomic E-state index is 5.15. The van der Waals surface area contributed by atoms with Crippen molar-refractivity contribution in [3.05, 3.63) is 18.2 Å². The number of methoxy groups -OCH3 is 1. The molecule has 1 aromatic rings. The van der Waals surface area contributed by atoms with E-state index in [0.717, 1.165) is 31.1 Å². The summed E-state index contributed by atoms with van der Waals surface area (Å²) in [6, 6.07) is 6.51. The summed E-state index contributed by atoms with van der Waals surface area (Å²) in [7, 11) is 1.73. The van der Waals surface area contributed by atoms with Crippen molar-refractivity contribution in [3.63, 3.8) is 0 Å². The molecule has 0 fully saturated rings. The van der Waals surface area contributed by atoms with Crippen LogP contribution in [-0.4, -0.2) is 37.8 Å². The second kappa shape index (κ2) is 7.93. The zero-order valence-corrected chi connectivity index (χ0v) is 11.9. The minimum absolute atomic E-state index is 0.411. The van der Waals surface area contributed by atoms with E-state index in [4.69, 9.17) is 4.74 Å². The van der Waals surface area contributed by atoms with Crippen LogP contribution in [0.25, 0.3) is 0 Å². The molecule has 0 saturated heterocycles. The predicted molar refractivity (Wildman–Crippen MR) is 77.4 cm³/mol. The van der Waals surface area contributed by atoms with E-state index in [1.807, 2.05) is 18.2 Å². The molecule has 0 bridgehead atoms. The number of nitrogens with zero attached hydrogens (tertiary/aromatic N) is 2. The van der Waals surface area contributed by atoms with Gasteiger partial charge in [0.05, 0.1) is 6.61 Å². The number of hydrogen-bond donors (Lipinski definition) is 1. The van der Waals surface area contributed by atoms with Gasteiger partial charge in [0.2, 0.25) is 0 Å². The first-order valence-electron chi connectivity index (χ1n) is 6.65. The Morgan fingerprint density at radius 2 is 2.17 bits per heavy atom. The number of rotatable bonds is 8. The molecular weight excluding hydrogens is 226 g/mol. The van der Waals surface area contributed by atoms with Crippen LogP contribution < -0.4 is 10.2 Å². The zero-order chi connectivity index (χ0) is 13.4. The SMILES string of the molecule is CCCNc1cccc(N(CCOC)C(C)C)n1. The van der Waals surface area contributed by atoms with Crippen LogP contribution >= 0.6 is 0 Å². The van der Waals surface area contributed by atoms with Gasteiger partial charge in [-0.25, -0.2) is 4.98 Å². The third-order valence-corrected chi connectivity index (χ3v) is 2.74. The maximum Gasteiger partial charge on any atom is 0.131 e. The summed E-state index contributed by atoms with van der Waals surface area (Å²) >= 11 is 0. The van der Waals surface area contributed by atoms with Crippen LogP contribution in [0.1, 0.15) is 27.2 Å². The molecule has 0 aliphatic carbocycles. The highest BCUT2D eigenvalue weighted by molar-refractivity contribution is 5.47. The molecule has 0 spiro atoms. The third-order valence-electron chi connectivity index (χ3n) is 2.74. The largest absolute Gasteiger partial charge is 0.383 e. The third kappa shape index (κ3) is 4.53. The first-order chi connectivity index (χ1) is 8.69. The molecular formula is C14H25N3O. The Balaban J connectivity index is 2.77. The summed E-state index contributed by atoms with van der Waals surface area (Å²) in [5.41, 5.74) is 0. The second-order valence-electron chi connectivity index (χ2n) is 4.59. The lowest BCUT2D eigenvalue weighted by Gasteiger charge is -2.27. The number of aromatic nitrogens is 1. The quantitative estimate of drug-likeness (QED) is 0.771. The van der Waals surface area contributed by atoms with Crippen LogP contribution in [0.3, 0.4) is 0 Å². The van der Waals surface area contributed by atoms with Crippen LogP contribution in [0.15, 0.2) is 18.2 Å². The Morgan fingerprint density at radius 3 is 2.78 bits per heavy atom. The Morgan fingerprint density at radius 1 is 1.39 bits per heavy atom. The van der Waals surface area contributed by atoms with Crippen LogP contribution in [-0.2, 0) is 4.74 Å². The molecule has 0 aliphatic rings. The molecule has 0 unspecified atom stereocenters. The van der Waals surface area contributed by atoms with E-state index in [9.17, 15) is 0 Å². The number of hydrogen-bond acceptors (Lipinski definition) is 4. The minimum Gasteiger partial charge on any atom is -0.383 e. The fourth-order valence-corrected chi connectivity index (χ4v) is 1.76. The maximum atomic E-state index is 5.15. The van der Waals surface area contributed by atoms with E-state index < -0.39 is 0 Å². The minimum atomic E-state index is 0.411. The Labute approximate surface area is 110 Å². The summed E-state index contributed by atoms with van der Waals surface area (Å²) in [5, 5.41) is 3.32. The molecule has 0 radical (unpaired) electrons. The van der Waals surface area contributed by atoms with Gasteiger partial charge >= 0.3 is 0 Å². The molecule has 1 heterocycles. The summed E-state index contributed by atoms with van der Waals surface area (Å²) in [4.78, 5) is 6.89. The Hall–Kier alpha value is -1.29. The van der Waals surface area contributed by atoms with E-state index >= 15 is 0 Å². The van der Waals surface area contributed by atoms with E-state index in [0.29, 0.717) is 12.6 Å². The van der Waals surface area contributed by atoms with Crippen LogP contribution in [0.5, 0.6) is 0 Å². The van der Waals surface area contributed by atoms with Gasteiger partial charge in [-0.05, 0) is 32.4 Å². The molecule has 0 saturated carbocycles. The van der Waals surface area contributed by atoms with Crippen molar-refractivity contribution in [2.24, 2.45) is 0 Å². The molecule has 4 nitrogen and oxygen atoms in total. The van der Waals surface area contributed by atoms with Crippen molar-refractivity contribution in [2.75, 3.05) is 37.0 Å². The van der Waals surface area contributed by atoms with Crippen molar-refractivity contribution in [1.29, 1.82) is 0 Å². The summed E-state index contributed by atoms with van der Waals surface area (Å²) in [6.45, 7) is 9.02. The molecule has 1 rings (SSSR count). The lowest BCUT2D eigenvalue weighted by atomic mass is 10.3. The first kappa shape index (κ1) is 14.8. The fraction of sp³-hybridized carbons (Fsp3) is 0.643. The van der Waals surface area contributed by atoms with Gasteiger partial charge in [-0.2, -0.15) is 0 Å². The summed E-state index contributed by atoms with van der Waals surface area (Å²) < 4.78 is 5.15.